The molecule has 3 aromatic rings. The molecule has 0 aliphatic heterocycles. The van der Waals surface area contributed by atoms with Gasteiger partial charge >= 0.3 is 0 Å². The summed E-state index contributed by atoms with van der Waals surface area (Å²) in [6.45, 7) is 11.4. The molecule has 0 amide bonds. The van der Waals surface area contributed by atoms with Crippen LogP contribution in [0.1, 0.15) is 45.7 Å². The number of hydrogen-bond donors (Lipinski definition) is 0. The number of rotatable bonds is 2. The van der Waals surface area contributed by atoms with Gasteiger partial charge in [0.2, 0.25) is 0 Å². The van der Waals surface area contributed by atoms with Gasteiger partial charge in [-0.3, -0.25) is 4.98 Å². The molecular formula is C24H26N2. The second-order valence-electron chi connectivity index (χ2n) is 8.59. The predicted molar refractivity (Wildman–Crippen MR) is 110 cm³/mol. The van der Waals surface area contributed by atoms with Crippen molar-refractivity contribution in [2.24, 2.45) is 0 Å². The molecule has 2 heteroatoms. The van der Waals surface area contributed by atoms with E-state index in [1.807, 2.05) is 18.5 Å². The molecule has 0 N–H and O–H groups in total. The number of pyridine rings is 1. The van der Waals surface area contributed by atoms with Gasteiger partial charge in [-0.1, -0.05) is 50.2 Å². The van der Waals surface area contributed by atoms with E-state index in [1.165, 1.54) is 27.9 Å². The summed E-state index contributed by atoms with van der Waals surface area (Å²) in [5, 5.41) is 0. The maximum absolute atomic E-state index is 4.37. The van der Waals surface area contributed by atoms with E-state index < -0.39 is 0 Å². The van der Waals surface area contributed by atoms with Crippen LogP contribution in [0.5, 0.6) is 0 Å². The second kappa shape index (κ2) is 5.70. The highest BCUT2D eigenvalue weighted by Crippen LogP contribution is 2.53. The average Bonchev–Trinajstić information content (AvgIpc) is 2.84. The van der Waals surface area contributed by atoms with Gasteiger partial charge in [0.25, 0.3) is 0 Å². The van der Waals surface area contributed by atoms with Crippen molar-refractivity contribution in [3.63, 3.8) is 0 Å². The van der Waals surface area contributed by atoms with Gasteiger partial charge < -0.3 is 4.90 Å². The van der Waals surface area contributed by atoms with Crippen molar-refractivity contribution in [2.45, 2.75) is 45.6 Å². The van der Waals surface area contributed by atoms with Gasteiger partial charge in [-0.25, -0.2) is 0 Å². The van der Waals surface area contributed by atoms with Gasteiger partial charge in [-0.2, -0.15) is 0 Å². The lowest BCUT2D eigenvalue weighted by Gasteiger charge is -2.39. The van der Waals surface area contributed by atoms with Crippen LogP contribution in [0.15, 0.2) is 67.0 Å². The molecule has 0 saturated heterocycles. The summed E-state index contributed by atoms with van der Waals surface area (Å²) in [6.07, 6.45) is 3.79. The van der Waals surface area contributed by atoms with Crippen molar-refractivity contribution in [1.29, 1.82) is 0 Å². The lowest BCUT2D eigenvalue weighted by atomic mass is 9.82. The Labute approximate surface area is 156 Å². The fourth-order valence-corrected chi connectivity index (χ4v) is 4.30. The Morgan fingerprint density at radius 3 is 2.27 bits per heavy atom. The summed E-state index contributed by atoms with van der Waals surface area (Å²) >= 11 is 0. The Morgan fingerprint density at radius 1 is 0.846 bits per heavy atom. The zero-order chi connectivity index (χ0) is 18.5. The van der Waals surface area contributed by atoms with Crippen molar-refractivity contribution in [3.8, 4) is 11.1 Å². The van der Waals surface area contributed by atoms with Crippen molar-refractivity contribution >= 4 is 11.4 Å². The van der Waals surface area contributed by atoms with Crippen LogP contribution in [0, 0.1) is 0 Å². The van der Waals surface area contributed by atoms with Crippen molar-refractivity contribution in [2.75, 3.05) is 4.90 Å². The first kappa shape index (κ1) is 16.8. The third kappa shape index (κ3) is 2.44. The molecule has 1 aromatic heterocycles. The fraction of sp³-hybridized carbons (Fsp3) is 0.292. The minimum Gasteiger partial charge on any atom is -0.334 e. The molecule has 0 saturated carbocycles. The number of hydrogen-bond acceptors (Lipinski definition) is 2. The van der Waals surface area contributed by atoms with Gasteiger partial charge in [0, 0.05) is 28.4 Å². The molecule has 1 heterocycles. The largest absolute Gasteiger partial charge is 0.334 e. The molecule has 4 rings (SSSR count). The van der Waals surface area contributed by atoms with Crippen molar-refractivity contribution < 1.29 is 0 Å². The number of anilines is 2. The van der Waals surface area contributed by atoms with Gasteiger partial charge in [0.1, 0.15) is 0 Å². The summed E-state index contributed by atoms with van der Waals surface area (Å²) < 4.78 is 0. The highest BCUT2D eigenvalue weighted by atomic mass is 15.2. The Morgan fingerprint density at radius 2 is 1.58 bits per heavy atom. The van der Waals surface area contributed by atoms with Gasteiger partial charge in [-0.15, -0.1) is 0 Å². The van der Waals surface area contributed by atoms with Crippen LogP contribution in [0.4, 0.5) is 11.4 Å². The van der Waals surface area contributed by atoms with Crippen LogP contribution in [0.25, 0.3) is 11.1 Å². The molecule has 1 aliphatic carbocycles. The first-order valence-electron chi connectivity index (χ1n) is 9.25. The maximum Gasteiger partial charge on any atom is 0.0602 e. The van der Waals surface area contributed by atoms with Crippen LogP contribution in [0.3, 0.4) is 0 Å². The number of benzene rings is 2. The topological polar surface area (TPSA) is 16.1 Å². The molecular weight excluding hydrogens is 316 g/mol. The third-order valence-corrected chi connectivity index (χ3v) is 5.40. The Balaban J connectivity index is 2.03. The van der Waals surface area contributed by atoms with E-state index in [2.05, 4.69) is 93.0 Å². The normalized spacial score (nSPS) is 14.7. The number of nitrogens with zero attached hydrogens (tertiary/aromatic N) is 2. The van der Waals surface area contributed by atoms with Gasteiger partial charge in [0.15, 0.2) is 0 Å². The molecule has 2 aromatic carbocycles. The quantitative estimate of drug-likeness (QED) is 0.541. The van der Waals surface area contributed by atoms with Crippen molar-refractivity contribution in [1.82, 2.24) is 4.98 Å². The molecule has 0 unspecified atom stereocenters. The van der Waals surface area contributed by atoms with Gasteiger partial charge in [0.05, 0.1) is 11.9 Å². The van der Waals surface area contributed by atoms with Crippen molar-refractivity contribution in [3.05, 3.63) is 78.1 Å². The predicted octanol–water partition coefficient (Wildman–Crippen LogP) is 6.32. The Bertz CT molecular complexity index is 949. The van der Waals surface area contributed by atoms with E-state index in [0.717, 1.165) is 5.69 Å². The van der Waals surface area contributed by atoms with Crippen LogP contribution < -0.4 is 4.90 Å². The van der Waals surface area contributed by atoms with Crippen LogP contribution in [-0.2, 0) is 5.41 Å². The highest BCUT2D eigenvalue weighted by Gasteiger charge is 2.38. The molecule has 0 atom stereocenters. The van der Waals surface area contributed by atoms with E-state index in [9.17, 15) is 0 Å². The van der Waals surface area contributed by atoms with E-state index >= 15 is 0 Å². The first-order chi connectivity index (χ1) is 12.3. The standard InChI is InChI=1S/C24H26N2/c1-23(2,3)26(17-10-9-15-25-16-17)21-14-8-13-20-22(21)18-11-6-7-12-19(18)24(20,4)5/h6-16H,1-5H3. The van der Waals surface area contributed by atoms with E-state index in [0.29, 0.717) is 0 Å². The third-order valence-electron chi connectivity index (χ3n) is 5.40. The van der Waals surface area contributed by atoms with Crippen LogP contribution in [0.2, 0.25) is 0 Å². The summed E-state index contributed by atoms with van der Waals surface area (Å²) in [4.78, 5) is 6.78. The minimum absolute atomic E-state index is 0.0143. The molecule has 0 spiro atoms. The molecule has 0 bridgehead atoms. The van der Waals surface area contributed by atoms with Gasteiger partial charge in [-0.05, 0) is 55.7 Å². The maximum atomic E-state index is 4.37. The first-order valence-corrected chi connectivity index (χ1v) is 9.25. The monoisotopic (exact) mass is 342 g/mol. The molecule has 26 heavy (non-hydrogen) atoms. The molecule has 132 valence electrons. The fourth-order valence-electron chi connectivity index (χ4n) is 4.30. The van der Waals surface area contributed by atoms with E-state index in [-0.39, 0.29) is 11.0 Å². The highest BCUT2D eigenvalue weighted by molar-refractivity contribution is 5.92. The number of fused-ring (bicyclic) bond motifs is 3. The van der Waals surface area contributed by atoms with Crippen LogP contribution in [-0.4, -0.2) is 10.5 Å². The summed E-state index contributed by atoms with van der Waals surface area (Å²) in [6, 6.07) is 19.7. The zero-order valence-electron chi connectivity index (χ0n) is 16.2. The minimum atomic E-state index is -0.0696. The zero-order valence-corrected chi connectivity index (χ0v) is 16.2. The smallest absolute Gasteiger partial charge is 0.0602 e. The molecule has 1 aliphatic rings. The van der Waals surface area contributed by atoms with Crippen LogP contribution >= 0.6 is 0 Å². The lowest BCUT2D eigenvalue weighted by Crippen LogP contribution is -2.38. The second-order valence-corrected chi connectivity index (χ2v) is 8.59. The molecule has 0 radical (unpaired) electrons. The Kier molecular flexibility index (Phi) is 3.69. The molecule has 2 nitrogen and oxygen atoms in total. The van der Waals surface area contributed by atoms with E-state index in [4.69, 9.17) is 0 Å². The summed E-state index contributed by atoms with van der Waals surface area (Å²) in [5.74, 6) is 0. The van der Waals surface area contributed by atoms with E-state index in [1.54, 1.807) is 0 Å². The number of aromatic nitrogens is 1. The molecule has 0 fully saturated rings. The lowest BCUT2D eigenvalue weighted by molar-refractivity contribution is 0.559. The summed E-state index contributed by atoms with van der Waals surface area (Å²) in [7, 11) is 0. The average molecular weight is 342 g/mol. The summed E-state index contributed by atoms with van der Waals surface area (Å²) in [5.41, 5.74) is 7.82. The SMILES string of the molecule is CC1(C)c2ccccc2-c2c(N(c3cccnc3)C(C)(C)C)cccc21. The Hall–Kier alpha value is -2.61.